The molecule has 0 unspecified atom stereocenters. The van der Waals surface area contributed by atoms with Crippen molar-refractivity contribution in [2.24, 2.45) is 0 Å². The topological polar surface area (TPSA) is 94.7 Å². The average Bonchev–Trinajstić information content (AvgIpc) is 3.51. The predicted molar refractivity (Wildman–Crippen MR) is 122 cm³/mol. The molecule has 1 aromatic carbocycles. The second-order valence-corrected chi connectivity index (χ2v) is 9.68. The molecule has 0 saturated carbocycles. The highest BCUT2D eigenvalue weighted by Crippen LogP contribution is 2.37. The lowest BCUT2D eigenvalue weighted by molar-refractivity contribution is 0.423. The van der Waals surface area contributed by atoms with Crippen molar-refractivity contribution >= 4 is 17.3 Å². The van der Waals surface area contributed by atoms with Crippen molar-refractivity contribution < 1.29 is 0 Å². The van der Waals surface area contributed by atoms with Gasteiger partial charge in [-0.25, -0.2) is 4.52 Å². The third-order valence-corrected chi connectivity index (χ3v) is 6.90. The molecule has 1 aliphatic rings. The maximum atomic E-state index is 9.58. The molecule has 4 aromatic rings. The molecule has 1 saturated heterocycles. The molecule has 0 radical (unpaired) electrons. The average molecular weight is 440 g/mol. The van der Waals surface area contributed by atoms with Crippen molar-refractivity contribution in [2.75, 3.05) is 6.54 Å². The number of nitriles is 2. The number of nitrogens with one attached hydrogen (secondary N) is 1. The van der Waals surface area contributed by atoms with E-state index in [1.807, 2.05) is 35.3 Å². The highest BCUT2D eigenvalue weighted by molar-refractivity contribution is 7.99. The molecule has 0 amide bonds. The molecule has 0 aliphatic carbocycles. The first-order valence-corrected chi connectivity index (χ1v) is 11.2. The Kier molecular flexibility index (Phi) is 4.97. The van der Waals surface area contributed by atoms with E-state index < -0.39 is 0 Å². The van der Waals surface area contributed by atoms with Gasteiger partial charge in [0.25, 0.3) is 0 Å². The molecule has 158 valence electrons. The molecular formula is C24H21N7S. The van der Waals surface area contributed by atoms with Gasteiger partial charge in [-0.05, 0) is 38.5 Å². The van der Waals surface area contributed by atoms with Crippen LogP contribution < -0.4 is 5.32 Å². The fraction of sp³-hybridized carbons (Fsp3) is 0.250. The van der Waals surface area contributed by atoms with Crippen LogP contribution in [0.2, 0.25) is 0 Å². The van der Waals surface area contributed by atoms with E-state index in [1.54, 1.807) is 16.8 Å². The van der Waals surface area contributed by atoms with Crippen molar-refractivity contribution in [1.82, 2.24) is 24.7 Å². The molecule has 7 nitrogen and oxygen atoms in total. The summed E-state index contributed by atoms with van der Waals surface area (Å²) in [5.41, 5.74) is 3.89. The van der Waals surface area contributed by atoms with Gasteiger partial charge in [-0.2, -0.15) is 20.7 Å². The Hall–Kier alpha value is -3.59. The fourth-order valence-corrected chi connectivity index (χ4v) is 5.26. The minimum Gasteiger partial charge on any atom is -0.310 e. The van der Waals surface area contributed by atoms with E-state index in [4.69, 9.17) is 0 Å². The van der Waals surface area contributed by atoms with E-state index >= 15 is 0 Å². The lowest BCUT2D eigenvalue weighted by atomic mass is 10.0. The normalized spacial score (nSPS) is 17.3. The number of nitrogens with zero attached hydrogens (tertiary/aromatic N) is 6. The highest BCUT2D eigenvalue weighted by atomic mass is 32.2. The summed E-state index contributed by atoms with van der Waals surface area (Å²) in [7, 11) is 0. The third-order valence-electron chi connectivity index (χ3n) is 5.80. The number of hydrogen-bond acceptors (Lipinski definition) is 6. The quantitative estimate of drug-likeness (QED) is 0.506. The Balaban J connectivity index is 1.57. The zero-order chi connectivity index (χ0) is 22.3. The second kappa shape index (κ2) is 7.83. The number of rotatable bonds is 4. The minimum atomic E-state index is 0.108. The Morgan fingerprint density at radius 3 is 2.59 bits per heavy atom. The summed E-state index contributed by atoms with van der Waals surface area (Å²) in [6.07, 6.45) is 8.47. The molecule has 8 heteroatoms. The van der Waals surface area contributed by atoms with Gasteiger partial charge in [0, 0.05) is 45.4 Å². The van der Waals surface area contributed by atoms with Gasteiger partial charge < -0.3 is 5.32 Å². The van der Waals surface area contributed by atoms with E-state index in [0.29, 0.717) is 17.2 Å². The summed E-state index contributed by atoms with van der Waals surface area (Å²) >= 11 is 1.47. The monoisotopic (exact) mass is 439 g/mol. The van der Waals surface area contributed by atoms with Gasteiger partial charge in [-0.15, -0.1) is 0 Å². The molecule has 1 atom stereocenters. The molecule has 0 spiro atoms. The molecular weight excluding hydrogens is 418 g/mol. The maximum Gasteiger partial charge on any atom is 0.103 e. The minimum absolute atomic E-state index is 0.108. The van der Waals surface area contributed by atoms with E-state index in [-0.39, 0.29) is 5.54 Å². The van der Waals surface area contributed by atoms with E-state index in [9.17, 15) is 10.5 Å². The van der Waals surface area contributed by atoms with Crippen molar-refractivity contribution in [3.63, 3.8) is 0 Å². The first kappa shape index (κ1) is 20.3. The van der Waals surface area contributed by atoms with Crippen LogP contribution in [0.15, 0.2) is 64.9 Å². The van der Waals surface area contributed by atoms with Gasteiger partial charge in [0.1, 0.15) is 12.1 Å². The lowest BCUT2D eigenvalue weighted by Gasteiger charge is -2.17. The first-order valence-electron chi connectivity index (χ1n) is 10.4. The van der Waals surface area contributed by atoms with Crippen LogP contribution in [0.4, 0.5) is 0 Å². The van der Waals surface area contributed by atoms with Crippen LogP contribution >= 0.6 is 11.8 Å². The number of aromatic nitrogens is 4. The zero-order valence-electron chi connectivity index (χ0n) is 17.8. The van der Waals surface area contributed by atoms with Gasteiger partial charge in [0.15, 0.2) is 0 Å². The molecule has 0 bridgehead atoms. The molecule has 1 fully saturated rings. The van der Waals surface area contributed by atoms with E-state index in [1.165, 1.54) is 11.8 Å². The van der Waals surface area contributed by atoms with Crippen molar-refractivity contribution in [3.8, 4) is 23.3 Å². The standard InChI is InChI=1S/C24H21N7S/c1-24(2)8-20(13-27-24)30-15-19(12-28-30)17-7-22(23-18(10-26)11-29-31(23)14-17)32-21-6-4-3-5-16(21)9-25/h3-7,11-12,14-15,20,27H,8,13H2,1-2H3/t20-/m0/s1. The van der Waals surface area contributed by atoms with Crippen LogP contribution in [0.25, 0.3) is 16.6 Å². The summed E-state index contributed by atoms with van der Waals surface area (Å²) in [5.74, 6) is 0. The summed E-state index contributed by atoms with van der Waals surface area (Å²) in [6, 6.07) is 14.3. The van der Waals surface area contributed by atoms with E-state index in [0.717, 1.165) is 39.4 Å². The lowest BCUT2D eigenvalue weighted by Crippen LogP contribution is -2.31. The number of benzene rings is 1. The third kappa shape index (κ3) is 3.64. The van der Waals surface area contributed by atoms with Crippen LogP contribution in [-0.2, 0) is 0 Å². The van der Waals surface area contributed by atoms with Crippen LogP contribution in [-0.4, -0.2) is 31.5 Å². The van der Waals surface area contributed by atoms with Crippen LogP contribution in [0.1, 0.15) is 37.4 Å². The molecule has 4 heterocycles. The Bertz CT molecular complexity index is 1400. The SMILES string of the molecule is CC1(C)C[C@H](n2cc(-c3cc(Sc4ccccc4C#N)c4c(C#N)cnn4c3)cn2)CN1. The van der Waals surface area contributed by atoms with Gasteiger partial charge >= 0.3 is 0 Å². The van der Waals surface area contributed by atoms with Gasteiger partial charge in [0.2, 0.25) is 0 Å². The zero-order valence-corrected chi connectivity index (χ0v) is 18.6. The first-order chi connectivity index (χ1) is 15.5. The molecule has 1 aliphatic heterocycles. The highest BCUT2D eigenvalue weighted by Gasteiger charge is 2.31. The molecule has 5 rings (SSSR count). The van der Waals surface area contributed by atoms with Crippen LogP contribution in [0.5, 0.6) is 0 Å². The summed E-state index contributed by atoms with van der Waals surface area (Å²) < 4.78 is 3.77. The Labute approximate surface area is 190 Å². The molecule has 32 heavy (non-hydrogen) atoms. The van der Waals surface area contributed by atoms with Crippen LogP contribution in [0.3, 0.4) is 0 Å². The van der Waals surface area contributed by atoms with Crippen molar-refractivity contribution in [2.45, 2.75) is 41.6 Å². The van der Waals surface area contributed by atoms with Crippen molar-refractivity contribution in [3.05, 3.63) is 66.2 Å². The van der Waals surface area contributed by atoms with Gasteiger partial charge in [-0.3, -0.25) is 4.68 Å². The smallest absolute Gasteiger partial charge is 0.103 e. The van der Waals surface area contributed by atoms with Gasteiger partial charge in [0.05, 0.1) is 35.1 Å². The number of pyridine rings is 1. The number of fused-ring (bicyclic) bond motifs is 1. The van der Waals surface area contributed by atoms with Crippen molar-refractivity contribution in [1.29, 1.82) is 10.5 Å². The fourth-order valence-electron chi connectivity index (χ4n) is 4.17. The van der Waals surface area contributed by atoms with Gasteiger partial charge in [-0.1, -0.05) is 23.9 Å². The Morgan fingerprint density at radius 2 is 1.84 bits per heavy atom. The maximum absolute atomic E-state index is 9.58. The summed E-state index contributed by atoms with van der Waals surface area (Å²) in [4.78, 5) is 1.71. The molecule has 3 aromatic heterocycles. The largest absolute Gasteiger partial charge is 0.310 e. The second-order valence-electron chi connectivity index (χ2n) is 8.60. The van der Waals surface area contributed by atoms with Crippen LogP contribution in [0, 0.1) is 22.7 Å². The summed E-state index contributed by atoms with van der Waals surface area (Å²) in [6.45, 7) is 5.31. The number of hydrogen-bond donors (Lipinski definition) is 1. The Morgan fingerprint density at radius 1 is 1.03 bits per heavy atom. The predicted octanol–water partition coefficient (Wildman–Crippen LogP) is 4.41. The summed E-state index contributed by atoms with van der Waals surface area (Å²) in [5, 5.41) is 31.7. The molecule has 1 N–H and O–H groups in total. The van der Waals surface area contributed by atoms with E-state index in [2.05, 4.69) is 53.8 Å².